The van der Waals surface area contributed by atoms with Gasteiger partial charge in [0.05, 0.1) is 22.6 Å². The summed E-state index contributed by atoms with van der Waals surface area (Å²) in [6.45, 7) is 0. The number of methoxy groups -OCH3 is 1. The second-order valence-corrected chi connectivity index (χ2v) is 8.10. The van der Waals surface area contributed by atoms with Crippen molar-refractivity contribution in [2.75, 3.05) is 12.4 Å². The largest absolute Gasteiger partial charge is 0.495 e. The monoisotopic (exact) mass is 468 g/mol. The molecule has 1 aromatic heterocycles. The second-order valence-electron chi connectivity index (χ2n) is 6.54. The van der Waals surface area contributed by atoms with Crippen molar-refractivity contribution >= 4 is 33.4 Å². The van der Waals surface area contributed by atoms with Gasteiger partial charge in [0.1, 0.15) is 28.9 Å². The van der Waals surface area contributed by atoms with Gasteiger partial charge in [-0.15, -0.1) is 0 Å². The zero-order chi connectivity index (χ0) is 24.2. The van der Waals surface area contributed by atoms with E-state index in [1.807, 2.05) is 0 Å². The number of furan rings is 1. The molecule has 3 rings (SSSR count). The van der Waals surface area contributed by atoms with Gasteiger partial charge in [-0.2, -0.15) is 5.26 Å². The quantitative estimate of drug-likeness (QED) is 0.230. The normalized spacial score (nSPS) is 11.5. The minimum atomic E-state index is -3.83. The van der Waals surface area contributed by atoms with Gasteiger partial charge in [-0.1, -0.05) is 0 Å². The van der Waals surface area contributed by atoms with Gasteiger partial charge < -0.3 is 14.5 Å². The molecular weight excluding hydrogens is 452 g/mol. The van der Waals surface area contributed by atoms with Gasteiger partial charge in [0.15, 0.2) is 0 Å². The number of carbonyl (C=O) groups excluding carboxylic acids is 1. The van der Waals surface area contributed by atoms with Gasteiger partial charge in [0.25, 0.3) is 11.6 Å². The molecule has 12 heteroatoms. The van der Waals surface area contributed by atoms with Gasteiger partial charge in [-0.25, -0.2) is 13.6 Å². The molecule has 0 bridgehead atoms. The highest BCUT2D eigenvalue weighted by atomic mass is 32.2. The average molecular weight is 468 g/mol. The van der Waals surface area contributed by atoms with Gasteiger partial charge >= 0.3 is 0 Å². The first-order valence-corrected chi connectivity index (χ1v) is 10.7. The first kappa shape index (κ1) is 23.2. The maximum atomic E-state index is 12.6. The summed E-state index contributed by atoms with van der Waals surface area (Å²) in [6.07, 6.45) is 1.20. The molecule has 0 aliphatic heterocycles. The summed E-state index contributed by atoms with van der Waals surface area (Å²) in [5, 5.41) is 27.9. The van der Waals surface area contributed by atoms with E-state index in [0.717, 1.165) is 6.07 Å². The predicted octanol–water partition coefficient (Wildman–Crippen LogP) is 3.06. The molecule has 1 amide bonds. The first-order chi connectivity index (χ1) is 15.6. The van der Waals surface area contributed by atoms with E-state index in [1.165, 1.54) is 55.7 Å². The molecule has 3 aromatic rings. The highest BCUT2D eigenvalue weighted by Gasteiger charge is 2.17. The van der Waals surface area contributed by atoms with E-state index in [2.05, 4.69) is 5.32 Å². The molecule has 2 aromatic carbocycles. The summed E-state index contributed by atoms with van der Waals surface area (Å²) < 4.78 is 33.4. The molecular formula is C21H16N4O7S. The molecule has 0 fully saturated rings. The lowest BCUT2D eigenvalue weighted by Crippen LogP contribution is -2.14. The van der Waals surface area contributed by atoms with Crippen LogP contribution < -0.4 is 15.2 Å². The van der Waals surface area contributed by atoms with Crippen molar-refractivity contribution in [3.8, 4) is 23.1 Å². The number of amides is 1. The molecule has 0 aliphatic rings. The van der Waals surface area contributed by atoms with Crippen molar-refractivity contribution in [2.45, 2.75) is 4.90 Å². The molecule has 11 nitrogen and oxygen atoms in total. The number of nitrogens with two attached hydrogens (primary N) is 1. The molecule has 0 saturated heterocycles. The Kier molecular flexibility index (Phi) is 6.57. The van der Waals surface area contributed by atoms with E-state index in [1.54, 1.807) is 12.1 Å². The third-order valence-electron chi connectivity index (χ3n) is 4.39. The van der Waals surface area contributed by atoms with Gasteiger partial charge in [-0.05, 0) is 42.5 Å². The molecule has 0 radical (unpaired) electrons. The molecule has 0 spiro atoms. The zero-order valence-electron chi connectivity index (χ0n) is 17.0. The van der Waals surface area contributed by atoms with Crippen molar-refractivity contribution < 1.29 is 27.3 Å². The molecule has 0 aliphatic carbocycles. The SMILES string of the molecule is COc1ccc([N+](=O)[O-])cc1NC(=O)C(C#N)=Cc1ccc(-c2ccc(S(N)(=O)=O)cc2)o1. The molecule has 1 heterocycles. The van der Waals surface area contributed by atoms with E-state index >= 15 is 0 Å². The lowest BCUT2D eigenvalue weighted by Gasteiger charge is -2.09. The van der Waals surface area contributed by atoms with Crippen molar-refractivity contribution in [1.29, 1.82) is 5.26 Å². The summed E-state index contributed by atoms with van der Waals surface area (Å²) in [5.74, 6) is -0.111. The van der Waals surface area contributed by atoms with Gasteiger partial charge in [0.2, 0.25) is 10.0 Å². The first-order valence-electron chi connectivity index (χ1n) is 9.11. The number of carbonyl (C=O) groups is 1. The maximum Gasteiger partial charge on any atom is 0.271 e. The van der Waals surface area contributed by atoms with Crippen molar-refractivity contribution in [3.05, 3.63) is 76.0 Å². The van der Waals surface area contributed by atoms with E-state index in [4.69, 9.17) is 14.3 Å². The smallest absolute Gasteiger partial charge is 0.271 e. The summed E-state index contributed by atoms with van der Waals surface area (Å²) in [6, 6.07) is 14.1. The summed E-state index contributed by atoms with van der Waals surface area (Å²) in [4.78, 5) is 22.9. The van der Waals surface area contributed by atoms with Crippen molar-refractivity contribution in [1.82, 2.24) is 0 Å². The number of nitriles is 1. The number of hydrogen-bond acceptors (Lipinski definition) is 8. The number of primary sulfonamides is 1. The van der Waals surface area contributed by atoms with Gasteiger partial charge in [-0.3, -0.25) is 14.9 Å². The van der Waals surface area contributed by atoms with Crippen LogP contribution in [0.3, 0.4) is 0 Å². The van der Waals surface area contributed by atoms with Crippen LogP contribution in [0.15, 0.2) is 69.5 Å². The van der Waals surface area contributed by atoms with E-state index in [-0.39, 0.29) is 33.4 Å². The van der Waals surface area contributed by atoms with Crippen molar-refractivity contribution in [3.63, 3.8) is 0 Å². The zero-order valence-corrected chi connectivity index (χ0v) is 17.8. The number of nitro benzene ring substituents is 1. The summed E-state index contributed by atoms with van der Waals surface area (Å²) in [5.41, 5.74) is -0.0222. The van der Waals surface area contributed by atoms with E-state index in [0.29, 0.717) is 11.3 Å². The number of hydrogen-bond donors (Lipinski definition) is 2. The van der Waals surface area contributed by atoms with Crippen LogP contribution in [0.25, 0.3) is 17.4 Å². The highest BCUT2D eigenvalue weighted by Crippen LogP contribution is 2.29. The summed E-state index contributed by atoms with van der Waals surface area (Å²) in [7, 11) is -2.50. The maximum absolute atomic E-state index is 12.6. The van der Waals surface area contributed by atoms with Crippen LogP contribution in [0.4, 0.5) is 11.4 Å². The Labute approximate surface area is 187 Å². The van der Waals surface area contributed by atoms with Crippen LogP contribution in [0, 0.1) is 21.4 Å². The second kappa shape index (κ2) is 9.35. The Balaban J connectivity index is 1.84. The van der Waals surface area contributed by atoms with Crippen LogP contribution in [-0.2, 0) is 14.8 Å². The number of sulfonamides is 1. The fourth-order valence-corrected chi connectivity index (χ4v) is 3.30. The number of nitrogens with zero attached hydrogens (tertiary/aromatic N) is 2. The lowest BCUT2D eigenvalue weighted by atomic mass is 10.2. The third-order valence-corrected chi connectivity index (χ3v) is 5.32. The van der Waals surface area contributed by atoms with Crippen LogP contribution in [0.5, 0.6) is 5.75 Å². The number of ether oxygens (including phenoxy) is 1. The topological polar surface area (TPSA) is 179 Å². The third kappa shape index (κ3) is 5.42. The average Bonchev–Trinajstić information content (AvgIpc) is 3.25. The van der Waals surface area contributed by atoms with E-state index in [9.17, 15) is 28.6 Å². The molecule has 0 atom stereocenters. The minimum Gasteiger partial charge on any atom is -0.495 e. The van der Waals surface area contributed by atoms with E-state index < -0.39 is 20.9 Å². The summed E-state index contributed by atoms with van der Waals surface area (Å²) >= 11 is 0. The number of non-ortho nitro benzene ring substituents is 1. The molecule has 0 unspecified atom stereocenters. The number of nitrogens with one attached hydrogen (secondary N) is 1. The fraction of sp³-hybridized carbons (Fsp3) is 0.0476. The standard InChI is InChI=1S/C21H16N4O7S/c1-31-20-8-4-15(25(27)28)11-18(20)24-21(26)14(12-22)10-16-5-9-19(32-16)13-2-6-17(7-3-13)33(23,29)30/h2-11H,1H3,(H,24,26)(H2,23,29,30). The molecule has 168 valence electrons. The van der Waals surface area contributed by atoms with Gasteiger partial charge in [0, 0.05) is 23.8 Å². The lowest BCUT2D eigenvalue weighted by molar-refractivity contribution is -0.384. The Bertz CT molecular complexity index is 1400. The number of benzene rings is 2. The fourth-order valence-electron chi connectivity index (χ4n) is 2.78. The molecule has 0 saturated carbocycles. The highest BCUT2D eigenvalue weighted by molar-refractivity contribution is 7.89. The molecule has 3 N–H and O–H groups in total. The Morgan fingerprint density at radius 2 is 1.91 bits per heavy atom. The van der Waals surface area contributed by atoms with Crippen LogP contribution in [0.1, 0.15) is 5.76 Å². The predicted molar refractivity (Wildman–Crippen MR) is 117 cm³/mol. The minimum absolute atomic E-state index is 0.0212. The van der Waals surface area contributed by atoms with Crippen LogP contribution in [-0.4, -0.2) is 26.4 Å². The Morgan fingerprint density at radius 3 is 2.48 bits per heavy atom. The Morgan fingerprint density at radius 1 is 1.21 bits per heavy atom. The number of anilines is 1. The number of nitro groups is 1. The Hall–Kier alpha value is -4.47. The van der Waals surface area contributed by atoms with Crippen LogP contribution in [0.2, 0.25) is 0 Å². The molecule has 33 heavy (non-hydrogen) atoms. The van der Waals surface area contributed by atoms with Crippen LogP contribution >= 0.6 is 0 Å². The number of rotatable bonds is 7. The van der Waals surface area contributed by atoms with Crippen molar-refractivity contribution in [2.24, 2.45) is 5.14 Å².